The molecule has 0 fully saturated rings. The first-order valence-corrected chi connectivity index (χ1v) is 14.2. The predicted octanol–water partition coefficient (Wildman–Crippen LogP) is 13.0. The minimum atomic E-state index is 1.25. The molecule has 4 aromatic carbocycles. The number of benzene rings is 4. The molecular formula is C37H60. The lowest BCUT2D eigenvalue weighted by Gasteiger charge is -1.69. The maximum Gasteiger partial charge on any atom is -0.0590 e. The van der Waals surface area contributed by atoms with E-state index in [1.54, 1.807) is 0 Å². The average molecular weight is 505 g/mol. The molecule has 0 amide bonds. The van der Waals surface area contributed by atoms with Gasteiger partial charge in [0.25, 0.3) is 0 Å². The Bertz CT molecular complexity index is 454. The first kappa shape index (κ1) is 43.9. The summed E-state index contributed by atoms with van der Waals surface area (Å²) in [7, 11) is 0. The Labute approximate surface area is 233 Å². The minimum absolute atomic E-state index is 1.25. The van der Waals surface area contributed by atoms with Crippen LogP contribution in [-0.4, -0.2) is 0 Å². The molecule has 0 radical (unpaired) electrons. The summed E-state index contributed by atoms with van der Waals surface area (Å²) in [6.07, 6.45) is 3.75. The van der Waals surface area contributed by atoms with E-state index in [4.69, 9.17) is 0 Å². The summed E-state index contributed by atoms with van der Waals surface area (Å²) in [5.74, 6) is 0. The SMILES string of the molecule is CC.CC.CCC.CCC.CCC.c1ccccc1.c1ccccc1.c1ccccc1.c1ccccc1. The smallest absolute Gasteiger partial charge is 0.0590 e. The van der Waals surface area contributed by atoms with Crippen LogP contribution in [0.4, 0.5) is 0 Å². The van der Waals surface area contributed by atoms with E-state index in [-0.39, 0.29) is 0 Å². The Hall–Kier alpha value is -3.12. The van der Waals surface area contributed by atoms with E-state index in [1.165, 1.54) is 19.3 Å². The molecule has 208 valence electrons. The van der Waals surface area contributed by atoms with Gasteiger partial charge in [0, 0.05) is 0 Å². The van der Waals surface area contributed by atoms with Crippen molar-refractivity contribution in [3.63, 3.8) is 0 Å². The van der Waals surface area contributed by atoms with Crippen LogP contribution in [0.3, 0.4) is 0 Å². The van der Waals surface area contributed by atoms with Gasteiger partial charge in [0.2, 0.25) is 0 Å². The van der Waals surface area contributed by atoms with Crippen molar-refractivity contribution in [3.05, 3.63) is 146 Å². The fourth-order valence-corrected chi connectivity index (χ4v) is 1.54. The Kier molecular flexibility index (Phi) is 69.6. The highest BCUT2D eigenvalue weighted by Crippen LogP contribution is 1.81. The summed E-state index contributed by atoms with van der Waals surface area (Å²) in [5, 5.41) is 0. The van der Waals surface area contributed by atoms with E-state index in [0.29, 0.717) is 0 Å². The van der Waals surface area contributed by atoms with Crippen molar-refractivity contribution in [2.45, 2.75) is 88.5 Å². The lowest BCUT2D eigenvalue weighted by molar-refractivity contribution is 1.09. The maximum atomic E-state index is 2.12. The van der Waals surface area contributed by atoms with Crippen molar-refractivity contribution in [2.24, 2.45) is 0 Å². The first-order valence-electron chi connectivity index (χ1n) is 14.2. The van der Waals surface area contributed by atoms with Gasteiger partial charge in [-0.1, -0.05) is 234 Å². The van der Waals surface area contributed by atoms with Gasteiger partial charge in [0.05, 0.1) is 0 Å². The quantitative estimate of drug-likeness (QED) is 0.223. The van der Waals surface area contributed by atoms with Crippen LogP contribution in [0, 0.1) is 0 Å². The third-order valence-corrected chi connectivity index (χ3v) is 2.67. The molecule has 0 saturated carbocycles. The second-order valence-electron chi connectivity index (χ2n) is 6.74. The molecule has 4 aromatic rings. The van der Waals surface area contributed by atoms with E-state index in [2.05, 4.69) is 41.5 Å². The van der Waals surface area contributed by atoms with Crippen molar-refractivity contribution in [2.75, 3.05) is 0 Å². The molecule has 0 saturated heterocycles. The number of hydrogen-bond donors (Lipinski definition) is 0. The summed E-state index contributed by atoms with van der Waals surface area (Å²) in [6, 6.07) is 48.0. The van der Waals surface area contributed by atoms with Crippen LogP contribution in [0.15, 0.2) is 146 Å². The van der Waals surface area contributed by atoms with Crippen LogP contribution in [0.25, 0.3) is 0 Å². The second kappa shape index (κ2) is 58.6. The van der Waals surface area contributed by atoms with Gasteiger partial charge in [-0.25, -0.2) is 0 Å². The molecule has 0 aromatic heterocycles. The van der Waals surface area contributed by atoms with Gasteiger partial charge >= 0.3 is 0 Å². The highest BCUT2D eigenvalue weighted by molar-refractivity contribution is 5.00. The van der Waals surface area contributed by atoms with Crippen molar-refractivity contribution < 1.29 is 0 Å². The van der Waals surface area contributed by atoms with Gasteiger partial charge < -0.3 is 0 Å². The second-order valence-corrected chi connectivity index (χ2v) is 6.74. The van der Waals surface area contributed by atoms with Crippen LogP contribution < -0.4 is 0 Å². The molecule has 0 nitrogen and oxygen atoms in total. The number of rotatable bonds is 0. The molecule has 0 spiro atoms. The molecule has 0 aliphatic heterocycles. The topological polar surface area (TPSA) is 0 Å². The van der Waals surface area contributed by atoms with Gasteiger partial charge in [-0.2, -0.15) is 0 Å². The van der Waals surface area contributed by atoms with E-state index in [0.717, 1.165) is 0 Å². The highest BCUT2D eigenvalue weighted by Gasteiger charge is 1.59. The molecule has 37 heavy (non-hydrogen) atoms. The molecule has 0 heteroatoms. The Balaban J connectivity index is -0.000000107. The highest BCUT2D eigenvalue weighted by atomic mass is 13.7. The zero-order chi connectivity index (χ0) is 29.1. The Morgan fingerprint density at radius 1 is 0.189 bits per heavy atom. The fraction of sp³-hybridized carbons (Fsp3) is 0.351. The molecule has 0 aliphatic carbocycles. The molecule has 0 heterocycles. The third kappa shape index (κ3) is 71.9. The van der Waals surface area contributed by atoms with Crippen molar-refractivity contribution in [1.82, 2.24) is 0 Å². The summed E-state index contributed by atoms with van der Waals surface area (Å²) in [6.45, 7) is 20.8. The molecule has 0 aliphatic rings. The molecule has 0 bridgehead atoms. The summed E-state index contributed by atoms with van der Waals surface area (Å²) < 4.78 is 0. The average Bonchev–Trinajstić information content (AvgIpc) is 3.01. The standard InChI is InChI=1S/4C6H6.3C3H8.2C2H6/c4*1-2-4-6-5-3-1;3*1-3-2;2*1-2/h4*1-6H;3*3H2,1-2H3;2*1-2H3. The van der Waals surface area contributed by atoms with Crippen LogP contribution in [-0.2, 0) is 0 Å². The van der Waals surface area contributed by atoms with E-state index in [9.17, 15) is 0 Å². The summed E-state index contributed by atoms with van der Waals surface area (Å²) >= 11 is 0. The minimum Gasteiger partial charge on any atom is -0.0683 e. The maximum absolute atomic E-state index is 2.12. The molecular weight excluding hydrogens is 444 g/mol. The fourth-order valence-electron chi connectivity index (χ4n) is 1.54. The lowest BCUT2D eigenvalue weighted by atomic mass is 10.4. The first-order chi connectivity index (χ1) is 18.2. The monoisotopic (exact) mass is 504 g/mol. The third-order valence-electron chi connectivity index (χ3n) is 2.67. The normalized spacial score (nSPS) is 6.97. The lowest BCUT2D eigenvalue weighted by Crippen LogP contribution is -1.47. The van der Waals surface area contributed by atoms with Crippen LogP contribution in [0.2, 0.25) is 0 Å². The zero-order valence-electron chi connectivity index (χ0n) is 26.0. The zero-order valence-corrected chi connectivity index (χ0v) is 26.0. The van der Waals surface area contributed by atoms with Crippen molar-refractivity contribution in [3.8, 4) is 0 Å². The largest absolute Gasteiger partial charge is 0.0683 e. The van der Waals surface area contributed by atoms with Gasteiger partial charge in [0.15, 0.2) is 0 Å². The van der Waals surface area contributed by atoms with Gasteiger partial charge in [-0.3, -0.25) is 0 Å². The Morgan fingerprint density at radius 3 is 0.243 bits per heavy atom. The van der Waals surface area contributed by atoms with E-state index in [1.807, 2.05) is 173 Å². The van der Waals surface area contributed by atoms with Crippen molar-refractivity contribution in [1.29, 1.82) is 0 Å². The molecule has 0 unspecified atom stereocenters. The molecule has 0 N–H and O–H groups in total. The summed E-state index contributed by atoms with van der Waals surface area (Å²) in [5.41, 5.74) is 0. The Morgan fingerprint density at radius 2 is 0.216 bits per heavy atom. The van der Waals surface area contributed by atoms with Crippen LogP contribution in [0.5, 0.6) is 0 Å². The molecule has 0 atom stereocenters. The van der Waals surface area contributed by atoms with Gasteiger partial charge in [-0.15, -0.1) is 0 Å². The molecule has 4 rings (SSSR count). The van der Waals surface area contributed by atoms with Gasteiger partial charge in [-0.05, 0) is 0 Å². The van der Waals surface area contributed by atoms with Crippen molar-refractivity contribution >= 4 is 0 Å². The van der Waals surface area contributed by atoms with E-state index < -0.39 is 0 Å². The van der Waals surface area contributed by atoms with Crippen LogP contribution >= 0.6 is 0 Å². The van der Waals surface area contributed by atoms with Gasteiger partial charge in [0.1, 0.15) is 0 Å². The van der Waals surface area contributed by atoms with E-state index >= 15 is 0 Å². The summed E-state index contributed by atoms with van der Waals surface area (Å²) in [4.78, 5) is 0. The van der Waals surface area contributed by atoms with Crippen LogP contribution in [0.1, 0.15) is 88.5 Å². The number of hydrogen-bond acceptors (Lipinski definition) is 0. The predicted molar refractivity (Wildman–Crippen MR) is 176 cm³/mol.